The zero-order valence-electron chi connectivity index (χ0n) is 13.2. The summed E-state index contributed by atoms with van der Waals surface area (Å²) in [6, 6.07) is 2.10. The molecular weight excluding hydrogens is 336 g/mol. The number of hydrogen-bond donors (Lipinski definition) is 1. The molecule has 0 spiro atoms. The molecule has 6 nitrogen and oxygen atoms in total. The van der Waals surface area contributed by atoms with Gasteiger partial charge in [-0.05, 0) is 30.6 Å². The molecule has 1 N–H and O–H groups in total. The van der Waals surface area contributed by atoms with Crippen LogP contribution in [-0.4, -0.2) is 56.5 Å². The maximum Gasteiger partial charge on any atom is 0.224 e. The summed E-state index contributed by atoms with van der Waals surface area (Å²) >= 11 is 7.84. The van der Waals surface area contributed by atoms with Gasteiger partial charge in [-0.25, -0.2) is 4.98 Å². The van der Waals surface area contributed by atoms with E-state index in [1.54, 1.807) is 18.4 Å². The summed E-state index contributed by atoms with van der Waals surface area (Å²) < 4.78 is 11.6. The van der Waals surface area contributed by atoms with E-state index in [0.717, 1.165) is 68.5 Å². The summed E-state index contributed by atoms with van der Waals surface area (Å²) in [5, 5.41) is 3.73. The first-order valence-corrected chi connectivity index (χ1v) is 8.95. The smallest absolute Gasteiger partial charge is 0.224 e. The number of rotatable bonds is 7. The van der Waals surface area contributed by atoms with Gasteiger partial charge >= 0.3 is 0 Å². The molecule has 0 aromatic carbocycles. The van der Waals surface area contributed by atoms with Crippen LogP contribution in [-0.2, 0) is 16.0 Å². The number of methoxy groups -OCH3 is 1. The fourth-order valence-electron chi connectivity index (χ4n) is 2.57. The SMILES string of the molecule is COCCCNCc1cc2nc(Cl)nc(N3CCOCC3)c2s1. The van der Waals surface area contributed by atoms with Gasteiger partial charge in [0, 0.05) is 38.2 Å². The number of hydrogen-bond acceptors (Lipinski definition) is 7. The van der Waals surface area contributed by atoms with Crippen molar-refractivity contribution in [3.05, 3.63) is 16.2 Å². The molecule has 2 aromatic rings. The molecule has 3 heterocycles. The zero-order valence-corrected chi connectivity index (χ0v) is 14.8. The van der Waals surface area contributed by atoms with Crippen LogP contribution in [0.15, 0.2) is 6.07 Å². The minimum absolute atomic E-state index is 0.302. The summed E-state index contributed by atoms with van der Waals surface area (Å²) in [5.41, 5.74) is 0.921. The standard InChI is InChI=1S/C15H21ClN4O2S/c1-21-6-2-3-17-10-11-9-12-13(23-11)14(19-15(16)18-12)20-4-7-22-8-5-20/h9,17H,2-8,10H2,1H3. The minimum atomic E-state index is 0.302. The van der Waals surface area contributed by atoms with Crippen molar-refractivity contribution in [2.75, 3.05) is 51.5 Å². The Bertz CT molecular complexity index is 646. The van der Waals surface area contributed by atoms with Gasteiger partial charge < -0.3 is 19.7 Å². The molecule has 1 fully saturated rings. The number of fused-ring (bicyclic) bond motifs is 1. The first-order chi connectivity index (χ1) is 11.3. The fourth-order valence-corrected chi connectivity index (χ4v) is 3.82. The van der Waals surface area contributed by atoms with Crippen molar-refractivity contribution in [1.29, 1.82) is 0 Å². The average molecular weight is 357 g/mol. The van der Waals surface area contributed by atoms with E-state index < -0.39 is 0 Å². The van der Waals surface area contributed by atoms with Crippen molar-refractivity contribution < 1.29 is 9.47 Å². The van der Waals surface area contributed by atoms with E-state index >= 15 is 0 Å². The molecule has 2 aromatic heterocycles. The largest absolute Gasteiger partial charge is 0.385 e. The number of aromatic nitrogens is 2. The molecule has 0 aliphatic carbocycles. The van der Waals surface area contributed by atoms with E-state index in [4.69, 9.17) is 21.1 Å². The number of halogens is 1. The van der Waals surface area contributed by atoms with Crippen molar-refractivity contribution in [2.24, 2.45) is 0 Å². The van der Waals surface area contributed by atoms with Gasteiger partial charge in [0.15, 0.2) is 5.82 Å². The van der Waals surface area contributed by atoms with Crippen LogP contribution < -0.4 is 10.2 Å². The predicted octanol–water partition coefficient (Wildman–Crippen LogP) is 2.31. The van der Waals surface area contributed by atoms with Gasteiger partial charge in [-0.2, -0.15) is 4.98 Å². The molecule has 0 radical (unpaired) electrons. The summed E-state index contributed by atoms with van der Waals surface area (Å²) in [5.74, 6) is 0.930. The Balaban J connectivity index is 1.75. The molecule has 0 unspecified atom stereocenters. The van der Waals surface area contributed by atoms with E-state index in [0.29, 0.717) is 5.28 Å². The Kier molecular flexibility index (Phi) is 6.02. The third-order valence-electron chi connectivity index (χ3n) is 3.69. The zero-order chi connectivity index (χ0) is 16.1. The molecule has 23 heavy (non-hydrogen) atoms. The van der Waals surface area contributed by atoms with Crippen LogP contribution in [0.2, 0.25) is 5.28 Å². The van der Waals surface area contributed by atoms with Crippen molar-refractivity contribution in [3.63, 3.8) is 0 Å². The van der Waals surface area contributed by atoms with E-state index in [9.17, 15) is 0 Å². The van der Waals surface area contributed by atoms with Crippen LogP contribution >= 0.6 is 22.9 Å². The first-order valence-electron chi connectivity index (χ1n) is 7.76. The van der Waals surface area contributed by atoms with Gasteiger partial charge in [-0.15, -0.1) is 11.3 Å². The molecule has 0 bridgehead atoms. The Hall–Kier alpha value is -0.990. The van der Waals surface area contributed by atoms with Crippen molar-refractivity contribution in [2.45, 2.75) is 13.0 Å². The van der Waals surface area contributed by atoms with Gasteiger partial charge in [0.1, 0.15) is 0 Å². The molecule has 1 aliphatic heterocycles. The minimum Gasteiger partial charge on any atom is -0.385 e. The molecule has 8 heteroatoms. The van der Waals surface area contributed by atoms with Crippen LogP contribution in [0.4, 0.5) is 5.82 Å². The number of morpholine rings is 1. The van der Waals surface area contributed by atoms with Gasteiger partial charge in [-0.3, -0.25) is 0 Å². The molecule has 126 valence electrons. The highest BCUT2D eigenvalue weighted by molar-refractivity contribution is 7.19. The predicted molar refractivity (Wildman–Crippen MR) is 93.7 cm³/mol. The van der Waals surface area contributed by atoms with Crippen LogP contribution in [0.3, 0.4) is 0 Å². The lowest BCUT2D eigenvalue weighted by atomic mass is 10.3. The molecule has 3 rings (SSSR count). The van der Waals surface area contributed by atoms with Gasteiger partial charge in [0.05, 0.1) is 23.4 Å². The van der Waals surface area contributed by atoms with Gasteiger partial charge in [0.2, 0.25) is 5.28 Å². The molecule has 0 amide bonds. The first kappa shape index (κ1) is 16.9. The molecule has 1 aliphatic rings. The lowest BCUT2D eigenvalue weighted by Crippen LogP contribution is -2.36. The summed E-state index contributed by atoms with van der Waals surface area (Å²) in [6.45, 7) is 5.66. The molecule has 0 atom stereocenters. The second kappa shape index (κ2) is 8.21. The van der Waals surface area contributed by atoms with Crippen molar-refractivity contribution in [1.82, 2.24) is 15.3 Å². The number of nitrogens with one attached hydrogen (secondary N) is 1. The van der Waals surface area contributed by atoms with Gasteiger partial charge in [0.25, 0.3) is 0 Å². The number of nitrogens with zero attached hydrogens (tertiary/aromatic N) is 3. The van der Waals surface area contributed by atoms with Gasteiger partial charge in [-0.1, -0.05) is 0 Å². The average Bonchev–Trinajstić information content (AvgIpc) is 2.97. The Morgan fingerprint density at radius 1 is 1.39 bits per heavy atom. The fraction of sp³-hybridized carbons (Fsp3) is 0.600. The Morgan fingerprint density at radius 2 is 2.22 bits per heavy atom. The quantitative estimate of drug-likeness (QED) is 0.607. The monoisotopic (exact) mass is 356 g/mol. The molecule has 0 saturated carbocycles. The summed E-state index contributed by atoms with van der Waals surface area (Å²) in [7, 11) is 1.72. The lowest BCUT2D eigenvalue weighted by molar-refractivity contribution is 0.122. The second-order valence-electron chi connectivity index (χ2n) is 5.37. The van der Waals surface area contributed by atoms with E-state index in [2.05, 4.69) is 26.3 Å². The normalized spacial score (nSPS) is 15.5. The van der Waals surface area contributed by atoms with Crippen LogP contribution in [0, 0.1) is 0 Å². The number of ether oxygens (including phenoxy) is 2. The lowest BCUT2D eigenvalue weighted by Gasteiger charge is -2.28. The second-order valence-corrected chi connectivity index (χ2v) is 6.84. The maximum atomic E-state index is 6.11. The summed E-state index contributed by atoms with van der Waals surface area (Å²) in [6.07, 6.45) is 1.01. The van der Waals surface area contributed by atoms with Crippen molar-refractivity contribution in [3.8, 4) is 0 Å². The topological polar surface area (TPSA) is 59.5 Å². The summed E-state index contributed by atoms with van der Waals surface area (Å²) in [4.78, 5) is 12.3. The molecular formula is C15H21ClN4O2S. The Morgan fingerprint density at radius 3 is 3.00 bits per heavy atom. The molecule has 1 saturated heterocycles. The third-order valence-corrected chi connectivity index (χ3v) is 4.98. The Labute approximate surface area is 144 Å². The van der Waals surface area contributed by atoms with E-state index in [1.165, 1.54) is 4.88 Å². The van der Waals surface area contributed by atoms with E-state index in [-0.39, 0.29) is 0 Å². The van der Waals surface area contributed by atoms with Crippen LogP contribution in [0.25, 0.3) is 10.2 Å². The van der Waals surface area contributed by atoms with Crippen LogP contribution in [0.5, 0.6) is 0 Å². The third kappa shape index (κ3) is 4.30. The van der Waals surface area contributed by atoms with E-state index in [1.807, 2.05) is 0 Å². The van der Waals surface area contributed by atoms with Crippen LogP contribution in [0.1, 0.15) is 11.3 Å². The number of anilines is 1. The number of thiophene rings is 1. The highest BCUT2D eigenvalue weighted by Gasteiger charge is 2.19. The highest BCUT2D eigenvalue weighted by atomic mass is 35.5. The highest BCUT2D eigenvalue weighted by Crippen LogP contribution is 2.33. The van der Waals surface area contributed by atoms with Crippen molar-refractivity contribution >= 4 is 39.0 Å². The maximum absolute atomic E-state index is 6.11.